The maximum atomic E-state index is 9.28. The fraction of sp³-hybridized carbons (Fsp3) is 0.333. The van der Waals surface area contributed by atoms with Crippen molar-refractivity contribution in [3.63, 3.8) is 0 Å². The molecule has 2 aromatic rings. The summed E-state index contributed by atoms with van der Waals surface area (Å²) in [6.45, 7) is 0.938. The van der Waals surface area contributed by atoms with E-state index in [2.05, 4.69) is 26.1 Å². The van der Waals surface area contributed by atoms with Crippen LogP contribution in [0.3, 0.4) is 0 Å². The van der Waals surface area contributed by atoms with E-state index >= 15 is 0 Å². The largest absolute Gasteiger partial charge is 0.388 e. The maximum Gasteiger partial charge on any atom is 0.164 e. The number of benzene rings is 1. The molecule has 1 aromatic carbocycles. The van der Waals surface area contributed by atoms with Crippen molar-refractivity contribution >= 4 is 27.5 Å². The van der Waals surface area contributed by atoms with Gasteiger partial charge in [0.15, 0.2) is 11.6 Å². The first kappa shape index (κ1) is 14.5. The summed E-state index contributed by atoms with van der Waals surface area (Å²) in [6, 6.07) is 5.52. The van der Waals surface area contributed by atoms with Crippen LogP contribution in [0.25, 0.3) is 11.4 Å². The van der Waals surface area contributed by atoms with Gasteiger partial charge in [-0.2, -0.15) is 0 Å². The molecular weight excluding hydrogens is 334 g/mol. The van der Waals surface area contributed by atoms with Gasteiger partial charge in [-0.3, -0.25) is 0 Å². The van der Waals surface area contributed by atoms with Crippen LogP contribution in [0.4, 0.5) is 0 Å². The van der Waals surface area contributed by atoms with Crippen LogP contribution in [0.2, 0.25) is 5.02 Å². The summed E-state index contributed by atoms with van der Waals surface area (Å²) in [7, 11) is 1.63. The second-order valence-electron chi connectivity index (χ2n) is 3.87. The summed E-state index contributed by atoms with van der Waals surface area (Å²) in [5.41, 5.74) is 0.875. The lowest BCUT2D eigenvalue weighted by Gasteiger charge is -2.09. The van der Waals surface area contributed by atoms with Crippen LogP contribution in [0.5, 0.6) is 0 Å². The van der Waals surface area contributed by atoms with Crippen LogP contribution in [0.15, 0.2) is 22.7 Å². The van der Waals surface area contributed by atoms with Crippen molar-refractivity contribution in [2.75, 3.05) is 13.7 Å². The molecule has 0 aliphatic rings. The molecule has 0 saturated heterocycles. The molecule has 2 rings (SSSR count). The van der Waals surface area contributed by atoms with Crippen LogP contribution in [0, 0.1) is 0 Å². The Bertz CT molecular complexity index is 574. The minimum absolute atomic E-state index is 0.161. The normalized spacial score (nSPS) is 10.9. The minimum Gasteiger partial charge on any atom is -0.388 e. The Hall–Kier alpha value is -0.950. The van der Waals surface area contributed by atoms with Gasteiger partial charge in [0, 0.05) is 23.7 Å². The molecule has 0 fully saturated rings. The number of nitrogens with zero attached hydrogens (tertiary/aromatic N) is 3. The predicted octanol–water partition coefficient (Wildman–Crippen LogP) is 2.50. The molecule has 0 bridgehead atoms. The number of ether oxygens (including phenoxy) is 1. The first-order valence-corrected chi connectivity index (χ1v) is 6.81. The van der Waals surface area contributed by atoms with Crippen molar-refractivity contribution in [2.45, 2.75) is 13.2 Å². The highest BCUT2D eigenvalue weighted by atomic mass is 79.9. The number of aromatic nitrogens is 3. The number of methoxy groups -OCH3 is 1. The Kier molecular flexibility index (Phi) is 4.93. The molecule has 19 heavy (non-hydrogen) atoms. The molecule has 0 radical (unpaired) electrons. The minimum atomic E-state index is -0.161. The van der Waals surface area contributed by atoms with Crippen LogP contribution in [0.1, 0.15) is 5.82 Å². The zero-order chi connectivity index (χ0) is 13.8. The Balaban J connectivity index is 2.42. The second kappa shape index (κ2) is 6.47. The van der Waals surface area contributed by atoms with Gasteiger partial charge in [-0.15, -0.1) is 10.2 Å². The molecule has 1 N–H and O–H groups in total. The zero-order valence-electron chi connectivity index (χ0n) is 10.3. The summed E-state index contributed by atoms with van der Waals surface area (Å²) >= 11 is 9.36. The Labute approximate surface area is 124 Å². The van der Waals surface area contributed by atoms with E-state index < -0.39 is 0 Å². The summed E-state index contributed by atoms with van der Waals surface area (Å²) < 4.78 is 7.68. The summed E-state index contributed by atoms with van der Waals surface area (Å²) in [6.07, 6.45) is 0. The molecular formula is C12H13BrClN3O2. The van der Waals surface area contributed by atoms with Crippen LogP contribution < -0.4 is 0 Å². The van der Waals surface area contributed by atoms with Crippen molar-refractivity contribution < 1.29 is 9.84 Å². The zero-order valence-corrected chi connectivity index (χ0v) is 12.6. The topological polar surface area (TPSA) is 60.2 Å². The third-order valence-electron chi connectivity index (χ3n) is 2.67. The van der Waals surface area contributed by atoms with E-state index in [4.69, 9.17) is 16.3 Å². The molecule has 0 aliphatic heterocycles. The lowest BCUT2D eigenvalue weighted by Crippen LogP contribution is -2.10. The number of halogens is 2. The van der Waals surface area contributed by atoms with Crippen molar-refractivity contribution in [2.24, 2.45) is 0 Å². The standard InChI is InChI=1S/C12H13BrClN3O2/c1-19-5-4-17-11(7-18)15-16-12(17)8-2-3-10(14)9(13)6-8/h2-3,6,18H,4-5,7H2,1H3. The van der Waals surface area contributed by atoms with Gasteiger partial charge in [0.05, 0.1) is 11.6 Å². The molecule has 0 amide bonds. The lowest BCUT2D eigenvalue weighted by molar-refractivity contribution is 0.183. The van der Waals surface area contributed by atoms with Gasteiger partial charge >= 0.3 is 0 Å². The van der Waals surface area contributed by atoms with Crippen molar-refractivity contribution in [3.05, 3.63) is 33.5 Å². The highest BCUT2D eigenvalue weighted by molar-refractivity contribution is 9.10. The fourth-order valence-electron chi connectivity index (χ4n) is 1.72. The maximum absolute atomic E-state index is 9.28. The van der Waals surface area contributed by atoms with E-state index in [1.54, 1.807) is 13.2 Å². The van der Waals surface area contributed by atoms with E-state index in [9.17, 15) is 5.11 Å². The third kappa shape index (κ3) is 3.14. The van der Waals surface area contributed by atoms with Gasteiger partial charge < -0.3 is 14.4 Å². The Morgan fingerprint density at radius 1 is 1.42 bits per heavy atom. The van der Waals surface area contributed by atoms with E-state index in [1.165, 1.54) is 0 Å². The van der Waals surface area contributed by atoms with Crippen molar-refractivity contribution in [1.82, 2.24) is 14.8 Å². The van der Waals surface area contributed by atoms with E-state index in [-0.39, 0.29) is 6.61 Å². The van der Waals surface area contributed by atoms with E-state index in [1.807, 2.05) is 16.7 Å². The molecule has 5 nitrogen and oxygen atoms in total. The van der Waals surface area contributed by atoms with Gasteiger partial charge in [0.2, 0.25) is 0 Å². The number of hydrogen-bond acceptors (Lipinski definition) is 4. The Morgan fingerprint density at radius 3 is 2.84 bits per heavy atom. The molecule has 0 saturated carbocycles. The Morgan fingerprint density at radius 2 is 2.21 bits per heavy atom. The molecule has 0 aliphatic carbocycles. The number of rotatable bonds is 5. The average molecular weight is 347 g/mol. The molecule has 1 heterocycles. The second-order valence-corrected chi connectivity index (χ2v) is 5.13. The molecule has 0 atom stereocenters. The molecule has 1 aromatic heterocycles. The van der Waals surface area contributed by atoms with Gasteiger partial charge in [-0.05, 0) is 34.1 Å². The van der Waals surface area contributed by atoms with Gasteiger partial charge in [0.25, 0.3) is 0 Å². The smallest absolute Gasteiger partial charge is 0.164 e. The van der Waals surface area contributed by atoms with Crippen molar-refractivity contribution in [3.8, 4) is 11.4 Å². The molecule has 0 spiro atoms. The van der Waals surface area contributed by atoms with E-state index in [0.717, 1.165) is 10.0 Å². The predicted molar refractivity (Wildman–Crippen MR) is 76.0 cm³/mol. The van der Waals surface area contributed by atoms with Gasteiger partial charge in [0.1, 0.15) is 6.61 Å². The average Bonchev–Trinajstić information content (AvgIpc) is 2.82. The monoisotopic (exact) mass is 345 g/mol. The summed E-state index contributed by atoms with van der Waals surface area (Å²) in [5, 5.41) is 18.0. The van der Waals surface area contributed by atoms with Crippen molar-refractivity contribution in [1.29, 1.82) is 0 Å². The van der Waals surface area contributed by atoms with E-state index in [0.29, 0.717) is 29.8 Å². The SMILES string of the molecule is COCCn1c(CO)nnc1-c1ccc(Cl)c(Br)c1. The van der Waals surface area contributed by atoms with Gasteiger partial charge in [-0.1, -0.05) is 11.6 Å². The first-order valence-electron chi connectivity index (χ1n) is 5.64. The summed E-state index contributed by atoms with van der Waals surface area (Å²) in [4.78, 5) is 0. The van der Waals surface area contributed by atoms with Crippen LogP contribution >= 0.6 is 27.5 Å². The molecule has 0 unspecified atom stereocenters. The van der Waals surface area contributed by atoms with Crippen LogP contribution in [-0.2, 0) is 17.9 Å². The van der Waals surface area contributed by atoms with Gasteiger partial charge in [-0.25, -0.2) is 0 Å². The first-order chi connectivity index (χ1) is 9.17. The fourth-order valence-corrected chi connectivity index (χ4v) is 2.21. The molecule has 102 valence electrons. The van der Waals surface area contributed by atoms with Crippen LogP contribution in [-0.4, -0.2) is 33.6 Å². The number of aliphatic hydroxyl groups excluding tert-OH is 1. The highest BCUT2D eigenvalue weighted by Crippen LogP contribution is 2.28. The molecule has 7 heteroatoms. The quantitative estimate of drug-likeness (QED) is 0.903. The number of aliphatic hydroxyl groups is 1. The highest BCUT2D eigenvalue weighted by Gasteiger charge is 2.13. The summed E-state index contributed by atoms with van der Waals surface area (Å²) in [5.74, 6) is 1.19. The number of hydrogen-bond donors (Lipinski definition) is 1. The lowest BCUT2D eigenvalue weighted by atomic mass is 10.2. The third-order valence-corrected chi connectivity index (χ3v) is 3.88.